The molecule has 1 fully saturated rings. The molecule has 28 heavy (non-hydrogen) atoms. The summed E-state index contributed by atoms with van der Waals surface area (Å²) in [6.45, 7) is 2.60. The van der Waals surface area contributed by atoms with E-state index in [0.717, 1.165) is 17.7 Å². The van der Waals surface area contributed by atoms with E-state index in [4.69, 9.17) is 4.74 Å². The van der Waals surface area contributed by atoms with Crippen LogP contribution >= 0.6 is 0 Å². The Kier molecular flexibility index (Phi) is 5.92. The molecular weight excluding hydrogens is 366 g/mol. The molecule has 1 aliphatic heterocycles. The standard InChI is InChI=1S/C21H22F2N2O3/c1-13-5-8-19(28-2)18(10-13)24-20(26)15-4-3-9-25(12-15)21(27)14-6-7-16(22)17(23)11-14/h5-8,10-11,15H,3-4,9,12H2,1-2H3,(H,24,26)/t15-/m0/s1. The molecule has 0 unspecified atom stereocenters. The summed E-state index contributed by atoms with van der Waals surface area (Å²) in [7, 11) is 1.53. The highest BCUT2D eigenvalue weighted by molar-refractivity contribution is 5.97. The van der Waals surface area contributed by atoms with Crippen molar-refractivity contribution in [3.63, 3.8) is 0 Å². The fourth-order valence-electron chi connectivity index (χ4n) is 3.34. The summed E-state index contributed by atoms with van der Waals surface area (Å²) in [6.07, 6.45) is 1.29. The van der Waals surface area contributed by atoms with Crippen LogP contribution in [0.4, 0.5) is 14.5 Å². The van der Waals surface area contributed by atoms with E-state index in [2.05, 4.69) is 5.32 Å². The molecule has 0 saturated carbocycles. The summed E-state index contributed by atoms with van der Waals surface area (Å²) >= 11 is 0. The van der Waals surface area contributed by atoms with E-state index in [-0.39, 0.29) is 18.0 Å². The summed E-state index contributed by atoms with van der Waals surface area (Å²) in [5, 5.41) is 2.88. The van der Waals surface area contributed by atoms with Crippen molar-refractivity contribution in [2.45, 2.75) is 19.8 Å². The first kappa shape index (κ1) is 19.8. The monoisotopic (exact) mass is 388 g/mol. The van der Waals surface area contributed by atoms with Crippen LogP contribution in [-0.4, -0.2) is 36.9 Å². The smallest absolute Gasteiger partial charge is 0.253 e. The minimum atomic E-state index is -1.07. The van der Waals surface area contributed by atoms with Gasteiger partial charge in [0.05, 0.1) is 18.7 Å². The number of hydrogen-bond donors (Lipinski definition) is 1. The van der Waals surface area contributed by atoms with Gasteiger partial charge in [0.2, 0.25) is 5.91 Å². The summed E-state index contributed by atoms with van der Waals surface area (Å²) in [4.78, 5) is 26.9. The van der Waals surface area contributed by atoms with Crippen LogP contribution in [0.2, 0.25) is 0 Å². The van der Waals surface area contributed by atoms with Crippen LogP contribution in [0.1, 0.15) is 28.8 Å². The summed E-state index contributed by atoms with van der Waals surface area (Å²) < 4.78 is 31.8. The first-order valence-corrected chi connectivity index (χ1v) is 9.09. The SMILES string of the molecule is COc1ccc(C)cc1NC(=O)[C@H]1CCCN(C(=O)c2ccc(F)c(F)c2)C1. The summed E-state index contributed by atoms with van der Waals surface area (Å²) in [5.74, 6) is -2.52. The highest BCUT2D eigenvalue weighted by Crippen LogP contribution is 2.27. The van der Waals surface area contributed by atoms with Crippen molar-refractivity contribution in [2.75, 3.05) is 25.5 Å². The number of carbonyl (C=O) groups is 2. The Balaban J connectivity index is 1.70. The Hall–Kier alpha value is -2.96. The van der Waals surface area contributed by atoms with Gasteiger partial charge in [0.15, 0.2) is 11.6 Å². The van der Waals surface area contributed by atoms with E-state index < -0.39 is 23.5 Å². The predicted octanol–water partition coefficient (Wildman–Crippen LogP) is 3.77. The third-order valence-corrected chi connectivity index (χ3v) is 4.86. The van der Waals surface area contributed by atoms with Gasteiger partial charge in [0.1, 0.15) is 5.75 Å². The molecule has 0 aliphatic carbocycles. The van der Waals surface area contributed by atoms with Crippen LogP contribution in [0, 0.1) is 24.5 Å². The number of anilines is 1. The summed E-state index contributed by atoms with van der Waals surface area (Å²) in [6, 6.07) is 8.56. The van der Waals surface area contributed by atoms with Crippen LogP contribution in [0.25, 0.3) is 0 Å². The number of nitrogens with one attached hydrogen (secondary N) is 1. The van der Waals surface area contributed by atoms with Crippen molar-refractivity contribution in [1.82, 2.24) is 4.90 Å². The van der Waals surface area contributed by atoms with Gasteiger partial charge >= 0.3 is 0 Å². The molecule has 1 saturated heterocycles. The van der Waals surface area contributed by atoms with E-state index in [1.807, 2.05) is 19.1 Å². The normalized spacial score (nSPS) is 16.6. The lowest BCUT2D eigenvalue weighted by atomic mass is 9.96. The van der Waals surface area contributed by atoms with Gasteiger partial charge in [-0.05, 0) is 55.7 Å². The van der Waals surface area contributed by atoms with Crippen LogP contribution in [0.3, 0.4) is 0 Å². The van der Waals surface area contributed by atoms with Gasteiger partial charge in [-0.1, -0.05) is 6.07 Å². The zero-order valence-corrected chi connectivity index (χ0v) is 15.8. The van der Waals surface area contributed by atoms with Crippen molar-refractivity contribution < 1.29 is 23.1 Å². The number of rotatable bonds is 4. The Morgan fingerprint density at radius 3 is 2.64 bits per heavy atom. The number of hydrogen-bond acceptors (Lipinski definition) is 3. The number of nitrogens with zero attached hydrogens (tertiary/aromatic N) is 1. The topological polar surface area (TPSA) is 58.6 Å². The number of likely N-dealkylation sites (tertiary alicyclic amines) is 1. The molecule has 148 valence electrons. The number of piperidine rings is 1. The first-order chi connectivity index (χ1) is 13.4. The molecule has 1 heterocycles. The molecule has 1 atom stereocenters. The molecule has 1 aliphatic rings. The molecule has 2 aromatic carbocycles. The minimum Gasteiger partial charge on any atom is -0.495 e. The maximum Gasteiger partial charge on any atom is 0.253 e. The van der Waals surface area contributed by atoms with Crippen LogP contribution in [0.15, 0.2) is 36.4 Å². The maximum absolute atomic E-state index is 13.4. The Morgan fingerprint density at radius 2 is 1.93 bits per heavy atom. The van der Waals surface area contributed by atoms with E-state index in [0.29, 0.717) is 30.8 Å². The fourth-order valence-corrected chi connectivity index (χ4v) is 3.34. The molecule has 0 bridgehead atoms. The summed E-state index contributed by atoms with van der Waals surface area (Å²) in [5.41, 5.74) is 1.63. The largest absolute Gasteiger partial charge is 0.495 e. The van der Waals surface area contributed by atoms with Crippen molar-refractivity contribution in [3.8, 4) is 5.75 Å². The van der Waals surface area contributed by atoms with Gasteiger partial charge < -0.3 is 15.0 Å². The van der Waals surface area contributed by atoms with E-state index in [1.165, 1.54) is 18.1 Å². The molecule has 0 spiro atoms. The van der Waals surface area contributed by atoms with Gasteiger partial charge in [-0.15, -0.1) is 0 Å². The zero-order chi connectivity index (χ0) is 20.3. The van der Waals surface area contributed by atoms with Gasteiger partial charge in [0.25, 0.3) is 5.91 Å². The van der Waals surface area contributed by atoms with E-state index >= 15 is 0 Å². The number of aryl methyl sites for hydroxylation is 1. The number of halogens is 2. The predicted molar refractivity (Wildman–Crippen MR) is 101 cm³/mol. The first-order valence-electron chi connectivity index (χ1n) is 9.09. The molecule has 2 aromatic rings. The second kappa shape index (κ2) is 8.37. The van der Waals surface area contributed by atoms with Crippen LogP contribution < -0.4 is 10.1 Å². The molecule has 5 nitrogen and oxygen atoms in total. The lowest BCUT2D eigenvalue weighted by molar-refractivity contribution is -0.121. The zero-order valence-electron chi connectivity index (χ0n) is 15.8. The van der Waals surface area contributed by atoms with Gasteiger partial charge in [0, 0.05) is 18.7 Å². The average Bonchev–Trinajstić information content (AvgIpc) is 2.70. The number of carbonyl (C=O) groups excluding carboxylic acids is 2. The van der Waals surface area contributed by atoms with E-state index in [1.54, 1.807) is 6.07 Å². The number of ether oxygens (including phenoxy) is 1. The van der Waals surface area contributed by atoms with Gasteiger partial charge in [-0.25, -0.2) is 8.78 Å². The third kappa shape index (κ3) is 4.30. The highest BCUT2D eigenvalue weighted by atomic mass is 19.2. The molecule has 7 heteroatoms. The average molecular weight is 388 g/mol. The molecule has 3 rings (SSSR count). The van der Waals surface area contributed by atoms with Crippen LogP contribution in [-0.2, 0) is 4.79 Å². The maximum atomic E-state index is 13.4. The van der Waals surface area contributed by atoms with Crippen molar-refractivity contribution in [1.29, 1.82) is 0 Å². The Bertz CT molecular complexity index is 901. The Morgan fingerprint density at radius 1 is 1.14 bits per heavy atom. The second-order valence-corrected chi connectivity index (χ2v) is 6.91. The van der Waals surface area contributed by atoms with Crippen molar-refractivity contribution in [3.05, 3.63) is 59.2 Å². The van der Waals surface area contributed by atoms with Gasteiger partial charge in [-0.3, -0.25) is 9.59 Å². The molecular formula is C21H22F2N2O3. The number of methoxy groups -OCH3 is 1. The quantitative estimate of drug-likeness (QED) is 0.867. The van der Waals surface area contributed by atoms with Gasteiger partial charge in [-0.2, -0.15) is 0 Å². The molecule has 1 N–H and O–H groups in total. The lowest BCUT2D eigenvalue weighted by Crippen LogP contribution is -2.43. The Labute approximate surface area is 162 Å². The third-order valence-electron chi connectivity index (χ3n) is 4.86. The van der Waals surface area contributed by atoms with Crippen molar-refractivity contribution in [2.24, 2.45) is 5.92 Å². The molecule has 2 amide bonds. The lowest BCUT2D eigenvalue weighted by Gasteiger charge is -2.32. The number of benzene rings is 2. The van der Waals surface area contributed by atoms with Crippen LogP contribution in [0.5, 0.6) is 5.75 Å². The minimum absolute atomic E-state index is 0.0697. The number of amides is 2. The second-order valence-electron chi connectivity index (χ2n) is 6.91. The van der Waals surface area contributed by atoms with Crippen molar-refractivity contribution >= 4 is 17.5 Å². The fraction of sp³-hybridized carbons (Fsp3) is 0.333. The molecule has 0 radical (unpaired) electrons. The molecule has 0 aromatic heterocycles. The van der Waals surface area contributed by atoms with E-state index in [9.17, 15) is 18.4 Å². The highest BCUT2D eigenvalue weighted by Gasteiger charge is 2.29.